The van der Waals surface area contributed by atoms with E-state index in [-0.39, 0.29) is 23.7 Å². The molecule has 1 aliphatic carbocycles. The Kier molecular flexibility index (Phi) is 5.07. The van der Waals surface area contributed by atoms with E-state index >= 15 is 0 Å². The summed E-state index contributed by atoms with van der Waals surface area (Å²) in [5, 5.41) is 15.3. The number of Topliss-reactive ketones (excluding diaryl/α,β-unsaturated/α-hetero) is 1. The van der Waals surface area contributed by atoms with Crippen LogP contribution >= 0.6 is 0 Å². The fourth-order valence-electron chi connectivity index (χ4n) is 4.11. The third kappa shape index (κ3) is 3.71. The lowest BCUT2D eigenvalue weighted by Crippen LogP contribution is -2.27. The number of carbonyl (C=O) groups excluding carboxylic acids is 2. The second-order valence-corrected chi connectivity index (χ2v) is 8.55. The highest BCUT2D eigenvalue weighted by Gasteiger charge is 2.33. The number of hydrogen-bond donors (Lipinski definition) is 2. The molecule has 1 saturated carbocycles. The number of aryl methyl sites for hydroxylation is 1. The zero-order valence-electron chi connectivity index (χ0n) is 19.1. The first-order valence-electron chi connectivity index (χ1n) is 11.1. The average molecular weight is 447 g/mol. The van der Waals surface area contributed by atoms with Gasteiger partial charge in [-0.1, -0.05) is 6.92 Å². The van der Waals surface area contributed by atoms with E-state index in [1.807, 2.05) is 27.1 Å². The molecule has 1 aliphatic heterocycles. The van der Waals surface area contributed by atoms with Crippen LogP contribution in [0.4, 0.5) is 23.0 Å². The van der Waals surface area contributed by atoms with E-state index in [1.54, 1.807) is 17.1 Å². The second kappa shape index (κ2) is 7.95. The van der Waals surface area contributed by atoms with Crippen LogP contribution < -0.4 is 15.5 Å². The molecule has 1 unspecified atom stereocenters. The van der Waals surface area contributed by atoms with Crippen molar-refractivity contribution in [3.63, 3.8) is 0 Å². The molecule has 1 amide bonds. The average Bonchev–Trinajstić information content (AvgIpc) is 3.58. The Labute approximate surface area is 191 Å². The third-order valence-corrected chi connectivity index (χ3v) is 6.23. The standard InChI is InChI=1S/C23H26N8O2/c1-5-17(32)15-11-25-18(27-23(33)13-6-7-13)10-16(15)26-22-21-14(8-9-24-22)20-19(12(2)30(21)3)28-31(4)29-20/h8-13H,5-7H2,1-4H3,(H2,24,25,26,27,33). The van der Waals surface area contributed by atoms with Crippen molar-refractivity contribution in [2.45, 2.75) is 39.2 Å². The molecule has 1 fully saturated rings. The number of aromatic nitrogens is 5. The van der Waals surface area contributed by atoms with Crippen LogP contribution in [0.25, 0.3) is 11.3 Å². The molecule has 10 heteroatoms. The van der Waals surface area contributed by atoms with Gasteiger partial charge in [0, 0.05) is 50.5 Å². The van der Waals surface area contributed by atoms with Crippen molar-refractivity contribution in [3.8, 4) is 11.3 Å². The molecule has 3 aromatic rings. The molecule has 0 spiro atoms. The van der Waals surface area contributed by atoms with Crippen LogP contribution in [0.5, 0.6) is 0 Å². The summed E-state index contributed by atoms with van der Waals surface area (Å²) in [6.07, 6.45) is 5.36. The molecule has 33 heavy (non-hydrogen) atoms. The molecule has 2 N–H and O–H groups in total. The minimum atomic E-state index is -0.0483. The normalized spacial score (nSPS) is 16.7. The number of hydrogen-bond acceptors (Lipinski definition) is 8. The fourth-order valence-corrected chi connectivity index (χ4v) is 4.11. The van der Waals surface area contributed by atoms with Gasteiger partial charge >= 0.3 is 0 Å². The molecule has 0 saturated heterocycles. The molecule has 2 aliphatic rings. The maximum Gasteiger partial charge on any atom is 0.228 e. The quantitative estimate of drug-likeness (QED) is 0.553. The van der Waals surface area contributed by atoms with Gasteiger partial charge in [-0.25, -0.2) is 9.97 Å². The summed E-state index contributed by atoms with van der Waals surface area (Å²) in [6, 6.07) is 3.61. The first-order valence-corrected chi connectivity index (χ1v) is 11.1. The lowest BCUT2D eigenvalue weighted by molar-refractivity contribution is -0.117. The van der Waals surface area contributed by atoms with Crippen molar-refractivity contribution < 1.29 is 9.59 Å². The van der Waals surface area contributed by atoms with Crippen molar-refractivity contribution in [2.75, 3.05) is 22.6 Å². The first kappa shape index (κ1) is 21.0. The van der Waals surface area contributed by atoms with Crippen LogP contribution in [0.2, 0.25) is 0 Å². The monoisotopic (exact) mass is 446 g/mol. The van der Waals surface area contributed by atoms with Gasteiger partial charge in [0.05, 0.1) is 23.0 Å². The fraction of sp³-hybridized carbons (Fsp3) is 0.391. The molecule has 0 aromatic carbocycles. The van der Waals surface area contributed by atoms with Gasteiger partial charge in [-0.15, -0.1) is 0 Å². The summed E-state index contributed by atoms with van der Waals surface area (Å²) in [5.41, 5.74) is 4.51. The Morgan fingerprint density at radius 3 is 2.70 bits per heavy atom. The van der Waals surface area contributed by atoms with Gasteiger partial charge in [0.1, 0.15) is 17.2 Å². The Bertz CT molecular complexity index is 1260. The summed E-state index contributed by atoms with van der Waals surface area (Å²) in [5.74, 6) is 0.966. The largest absolute Gasteiger partial charge is 0.363 e. The van der Waals surface area contributed by atoms with E-state index in [1.165, 1.54) is 6.20 Å². The number of anilines is 4. The smallest absolute Gasteiger partial charge is 0.228 e. The van der Waals surface area contributed by atoms with Crippen LogP contribution in [-0.4, -0.2) is 43.7 Å². The zero-order valence-corrected chi connectivity index (χ0v) is 19.1. The Balaban J connectivity index is 1.57. The highest BCUT2D eigenvalue weighted by molar-refractivity contribution is 6.03. The highest BCUT2D eigenvalue weighted by atomic mass is 16.2. The second-order valence-electron chi connectivity index (χ2n) is 8.55. The van der Waals surface area contributed by atoms with Gasteiger partial charge in [0.15, 0.2) is 11.6 Å². The molecular weight excluding hydrogens is 420 g/mol. The molecule has 3 aromatic heterocycles. The predicted molar refractivity (Wildman–Crippen MR) is 125 cm³/mol. The molecule has 170 valence electrons. The van der Waals surface area contributed by atoms with Gasteiger partial charge < -0.3 is 15.5 Å². The molecular formula is C23H26N8O2. The summed E-state index contributed by atoms with van der Waals surface area (Å²) in [6.45, 7) is 3.87. The summed E-state index contributed by atoms with van der Waals surface area (Å²) in [7, 11) is 3.79. The van der Waals surface area contributed by atoms with E-state index in [0.29, 0.717) is 29.3 Å². The molecule has 10 nitrogen and oxygen atoms in total. The van der Waals surface area contributed by atoms with Crippen LogP contribution in [0.3, 0.4) is 0 Å². The summed E-state index contributed by atoms with van der Waals surface area (Å²) in [4.78, 5) is 37.4. The Hall–Kier alpha value is -3.82. The number of amides is 1. The lowest BCUT2D eigenvalue weighted by atomic mass is 9.98. The van der Waals surface area contributed by atoms with Crippen molar-refractivity contribution >= 4 is 34.7 Å². The number of nitrogens with zero attached hydrogens (tertiary/aromatic N) is 6. The topological polar surface area (TPSA) is 118 Å². The van der Waals surface area contributed by atoms with E-state index in [9.17, 15) is 9.59 Å². The SMILES string of the molecule is CCC(=O)c1cnc(NC(=O)C2CC2)cc1Nc1nccc2c1N(C)C(C)c1nn(C)nc1-2. The third-order valence-electron chi connectivity index (χ3n) is 6.23. The van der Waals surface area contributed by atoms with Gasteiger partial charge in [-0.3, -0.25) is 9.59 Å². The van der Waals surface area contributed by atoms with Crippen molar-refractivity contribution in [2.24, 2.45) is 13.0 Å². The highest BCUT2D eigenvalue weighted by Crippen LogP contribution is 2.45. The van der Waals surface area contributed by atoms with E-state index < -0.39 is 0 Å². The molecule has 0 bridgehead atoms. The van der Waals surface area contributed by atoms with Crippen LogP contribution in [0, 0.1) is 5.92 Å². The van der Waals surface area contributed by atoms with Crippen LogP contribution in [0.15, 0.2) is 24.5 Å². The maximum absolute atomic E-state index is 12.6. The molecule has 4 heterocycles. The summed E-state index contributed by atoms with van der Waals surface area (Å²) < 4.78 is 0. The lowest BCUT2D eigenvalue weighted by Gasteiger charge is -2.33. The van der Waals surface area contributed by atoms with Gasteiger partial charge in [-0.2, -0.15) is 15.0 Å². The maximum atomic E-state index is 12.6. The first-order chi connectivity index (χ1) is 15.9. The zero-order chi connectivity index (χ0) is 23.3. The number of fused-ring (bicyclic) bond motifs is 3. The van der Waals surface area contributed by atoms with Crippen molar-refractivity contribution in [1.82, 2.24) is 25.0 Å². The van der Waals surface area contributed by atoms with E-state index in [4.69, 9.17) is 0 Å². The Morgan fingerprint density at radius 2 is 1.97 bits per heavy atom. The van der Waals surface area contributed by atoms with Gasteiger partial charge in [0.2, 0.25) is 5.91 Å². The predicted octanol–water partition coefficient (Wildman–Crippen LogP) is 3.47. The number of pyridine rings is 2. The molecule has 1 atom stereocenters. The van der Waals surface area contributed by atoms with Crippen molar-refractivity contribution in [1.29, 1.82) is 0 Å². The molecule has 0 radical (unpaired) electrons. The minimum absolute atomic E-state index is 0.00600. The number of ketones is 1. The summed E-state index contributed by atoms with van der Waals surface area (Å²) >= 11 is 0. The van der Waals surface area contributed by atoms with Gasteiger partial charge in [-0.05, 0) is 25.8 Å². The van der Waals surface area contributed by atoms with Crippen molar-refractivity contribution in [3.05, 3.63) is 35.8 Å². The number of nitrogens with one attached hydrogen (secondary N) is 2. The van der Waals surface area contributed by atoms with E-state index in [2.05, 4.69) is 42.6 Å². The van der Waals surface area contributed by atoms with Gasteiger partial charge in [0.25, 0.3) is 0 Å². The number of rotatable bonds is 6. The molecule has 5 rings (SSSR count). The van der Waals surface area contributed by atoms with Crippen LogP contribution in [0.1, 0.15) is 55.2 Å². The van der Waals surface area contributed by atoms with E-state index in [0.717, 1.165) is 35.5 Å². The Morgan fingerprint density at radius 1 is 1.18 bits per heavy atom. The van der Waals surface area contributed by atoms with Crippen LogP contribution in [-0.2, 0) is 11.8 Å². The number of carbonyl (C=O) groups is 2. The minimum Gasteiger partial charge on any atom is -0.363 e.